The van der Waals surface area contributed by atoms with Gasteiger partial charge in [0.2, 0.25) is 0 Å². The van der Waals surface area contributed by atoms with Crippen molar-refractivity contribution >= 4 is 20.7 Å². The lowest BCUT2D eigenvalue weighted by Gasteiger charge is -2.38. The number of carbonyl (C=O) groups excluding carboxylic acids is 1. The maximum Gasteiger partial charge on any atom is 0.172 e. The van der Waals surface area contributed by atoms with E-state index >= 15 is 0 Å². The highest BCUT2D eigenvalue weighted by Gasteiger charge is 2.31. The average molecular weight is 212 g/mol. The first-order valence-corrected chi connectivity index (χ1v) is 8.56. The van der Waals surface area contributed by atoms with Gasteiger partial charge in [0.25, 0.3) is 0 Å². The fourth-order valence-electron chi connectivity index (χ4n) is 1.76. The maximum atomic E-state index is 10.1. The zero-order chi connectivity index (χ0) is 10.4. The first-order chi connectivity index (χ1) is 6.67. The molecule has 1 aliphatic heterocycles. The molecular weight excluding hydrogens is 192 g/mol. The SMILES string of the molecule is C[Si]1(C)CCCCN1N=CCCC=O. The summed E-state index contributed by atoms with van der Waals surface area (Å²) >= 11 is 0. The van der Waals surface area contributed by atoms with Crippen LogP contribution in [0.3, 0.4) is 0 Å². The number of hydrogen-bond acceptors (Lipinski definition) is 3. The van der Waals surface area contributed by atoms with Gasteiger partial charge in [-0.2, -0.15) is 5.10 Å². The Morgan fingerprint density at radius 3 is 2.79 bits per heavy atom. The highest BCUT2D eigenvalue weighted by molar-refractivity contribution is 6.74. The van der Waals surface area contributed by atoms with Crippen LogP contribution in [0.1, 0.15) is 25.7 Å². The van der Waals surface area contributed by atoms with Gasteiger partial charge in [-0.25, -0.2) is 0 Å². The molecule has 0 aromatic carbocycles. The van der Waals surface area contributed by atoms with Gasteiger partial charge >= 0.3 is 0 Å². The molecule has 1 heterocycles. The molecule has 3 nitrogen and oxygen atoms in total. The van der Waals surface area contributed by atoms with Crippen molar-refractivity contribution in [3.63, 3.8) is 0 Å². The smallest absolute Gasteiger partial charge is 0.172 e. The fraction of sp³-hybridized carbons (Fsp3) is 0.800. The number of hydrazone groups is 1. The van der Waals surface area contributed by atoms with E-state index in [1.54, 1.807) is 0 Å². The number of carbonyl (C=O) groups is 1. The predicted octanol–water partition coefficient (Wildman–Crippen LogP) is 2.25. The normalized spacial score (nSPS) is 21.4. The van der Waals surface area contributed by atoms with Gasteiger partial charge in [-0.1, -0.05) is 19.5 Å². The van der Waals surface area contributed by atoms with Crippen LogP contribution in [0.15, 0.2) is 5.10 Å². The van der Waals surface area contributed by atoms with Crippen LogP contribution in [0.2, 0.25) is 19.1 Å². The molecule has 0 amide bonds. The molecular formula is C10H20N2OSi. The molecule has 1 fully saturated rings. The predicted molar refractivity (Wildman–Crippen MR) is 62.0 cm³/mol. The third-order valence-corrected chi connectivity index (χ3v) is 6.06. The number of rotatable bonds is 4. The van der Waals surface area contributed by atoms with E-state index in [1.165, 1.54) is 18.9 Å². The second-order valence-corrected chi connectivity index (χ2v) is 9.08. The van der Waals surface area contributed by atoms with E-state index in [-0.39, 0.29) is 0 Å². The Hall–Kier alpha value is -0.643. The van der Waals surface area contributed by atoms with E-state index in [2.05, 4.69) is 22.9 Å². The van der Waals surface area contributed by atoms with E-state index in [1.807, 2.05) is 6.21 Å². The third kappa shape index (κ3) is 3.25. The van der Waals surface area contributed by atoms with Crippen LogP contribution >= 0.6 is 0 Å². The topological polar surface area (TPSA) is 32.7 Å². The number of unbranched alkanes of at least 4 members (excludes halogenated alkanes) is 1. The van der Waals surface area contributed by atoms with E-state index in [4.69, 9.17) is 0 Å². The van der Waals surface area contributed by atoms with Crippen molar-refractivity contribution in [3.05, 3.63) is 0 Å². The lowest BCUT2D eigenvalue weighted by atomic mass is 10.3. The standard InChI is InChI=1S/C10H20N2OSi/c1-14(2)10-6-4-8-12(14)11-7-3-5-9-13/h7,9H,3-6,8,10H2,1-2H3. The molecule has 80 valence electrons. The summed E-state index contributed by atoms with van der Waals surface area (Å²) in [4.78, 5) is 10.1. The number of hydrogen-bond donors (Lipinski definition) is 0. The van der Waals surface area contributed by atoms with E-state index < -0.39 is 8.24 Å². The number of aldehydes is 1. The molecule has 0 N–H and O–H groups in total. The van der Waals surface area contributed by atoms with Crippen LogP contribution in [-0.4, -0.2) is 32.0 Å². The average Bonchev–Trinajstić information content (AvgIpc) is 2.14. The van der Waals surface area contributed by atoms with Crippen LogP contribution in [0.25, 0.3) is 0 Å². The van der Waals surface area contributed by atoms with Gasteiger partial charge in [-0.3, -0.25) is 0 Å². The van der Waals surface area contributed by atoms with Gasteiger partial charge in [0.1, 0.15) is 6.29 Å². The number of nitrogens with zero attached hydrogens (tertiary/aromatic N) is 2. The molecule has 1 aliphatic rings. The van der Waals surface area contributed by atoms with Gasteiger partial charge in [0, 0.05) is 19.2 Å². The molecule has 0 saturated carbocycles. The van der Waals surface area contributed by atoms with Crippen molar-refractivity contribution in [2.24, 2.45) is 5.10 Å². The van der Waals surface area contributed by atoms with Crippen LogP contribution in [-0.2, 0) is 4.79 Å². The molecule has 0 atom stereocenters. The van der Waals surface area contributed by atoms with Crippen molar-refractivity contribution < 1.29 is 4.79 Å². The minimum atomic E-state index is -1.23. The zero-order valence-corrected chi connectivity index (χ0v) is 10.2. The minimum absolute atomic E-state index is 0.597. The van der Waals surface area contributed by atoms with Crippen molar-refractivity contribution in [1.82, 2.24) is 4.67 Å². The summed E-state index contributed by atoms with van der Waals surface area (Å²) in [6.45, 7) is 5.84. The van der Waals surface area contributed by atoms with E-state index in [0.29, 0.717) is 6.42 Å². The van der Waals surface area contributed by atoms with Gasteiger partial charge in [-0.05, 0) is 18.9 Å². The highest BCUT2D eigenvalue weighted by atomic mass is 28.3. The van der Waals surface area contributed by atoms with Crippen molar-refractivity contribution in [2.45, 2.75) is 44.8 Å². The Bertz CT molecular complexity index is 216. The molecule has 0 bridgehead atoms. The Kier molecular flexibility index (Phi) is 4.32. The van der Waals surface area contributed by atoms with Crippen molar-refractivity contribution in [1.29, 1.82) is 0 Å². The highest BCUT2D eigenvalue weighted by Crippen LogP contribution is 2.24. The first-order valence-electron chi connectivity index (χ1n) is 5.40. The largest absolute Gasteiger partial charge is 0.325 e. The second-order valence-electron chi connectivity index (χ2n) is 4.43. The molecule has 0 spiro atoms. The Morgan fingerprint density at radius 2 is 2.14 bits per heavy atom. The van der Waals surface area contributed by atoms with Gasteiger partial charge in [0.15, 0.2) is 8.24 Å². The Balaban J connectivity index is 2.40. The molecule has 0 radical (unpaired) electrons. The molecule has 0 unspecified atom stereocenters. The maximum absolute atomic E-state index is 10.1. The monoisotopic (exact) mass is 212 g/mol. The zero-order valence-electron chi connectivity index (χ0n) is 9.20. The Morgan fingerprint density at radius 1 is 1.36 bits per heavy atom. The van der Waals surface area contributed by atoms with Crippen LogP contribution in [0.5, 0.6) is 0 Å². The quantitative estimate of drug-likeness (QED) is 0.310. The van der Waals surface area contributed by atoms with E-state index in [0.717, 1.165) is 19.3 Å². The summed E-state index contributed by atoms with van der Waals surface area (Å²) < 4.78 is 2.29. The summed E-state index contributed by atoms with van der Waals surface area (Å²) in [6.07, 6.45) is 6.85. The molecule has 0 aromatic rings. The fourth-order valence-corrected chi connectivity index (χ4v) is 4.29. The summed E-state index contributed by atoms with van der Waals surface area (Å²) in [5, 5.41) is 4.48. The minimum Gasteiger partial charge on any atom is -0.325 e. The van der Waals surface area contributed by atoms with Gasteiger partial charge < -0.3 is 9.47 Å². The Labute approximate surface area is 87.3 Å². The van der Waals surface area contributed by atoms with Crippen LogP contribution < -0.4 is 0 Å². The van der Waals surface area contributed by atoms with Gasteiger partial charge in [-0.15, -0.1) is 0 Å². The lowest BCUT2D eigenvalue weighted by Crippen LogP contribution is -2.48. The summed E-state index contributed by atoms with van der Waals surface area (Å²) in [5.74, 6) is 0. The van der Waals surface area contributed by atoms with E-state index in [9.17, 15) is 4.79 Å². The van der Waals surface area contributed by atoms with Gasteiger partial charge in [0.05, 0.1) is 0 Å². The first kappa shape index (κ1) is 11.4. The molecule has 1 rings (SSSR count). The summed E-state index contributed by atoms with van der Waals surface area (Å²) in [7, 11) is -1.23. The molecule has 14 heavy (non-hydrogen) atoms. The molecule has 0 aliphatic carbocycles. The summed E-state index contributed by atoms with van der Waals surface area (Å²) in [5.41, 5.74) is 0. The van der Waals surface area contributed by atoms with Crippen LogP contribution in [0, 0.1) is 0 Å². The van der Waals surface area contributed by atoms with Crippen LogP contribution in [0.4, 0.5) is 0 Å². The second kappa shape index (κ2) is 5.29. The molecule has 1 saturated heterocycles. The lowest BCUT2D eigenvalue weighted by molar-refractivity contribution is -0.107. The summed E-state index contributed by atoms with van der Waals surface area (Å²) in [6, 6.07) is 1.35. The molecule has 4 heteroatoms. The molecule has 0 aromatic heterocycles. The van der Waals surface area contributed by atoms with Crippen molar-refractivity contribution in [2.75, 3.05) is 6.54 Å². The van der Waals surface area contributed by atoms with Crippen molar-refractivity contribution in [3.8, 4) is 0 Å². The third-order valence-electron chi connectivity index (χ3n) is 2.74.